The summed E-state index contributed by atoms with van der Waals surface area (Å²) in [7, 11) is 0. The maximum Gasteiger partial charge on any atom is 0.148 e. The van der Waals surface area contributed by atoms with Gasteiger partial charge in [-0.2, -0.15) is 0 Å². The van der Waals surface area contributed by atoms with E-state index in [2.05, 4.69) is 27.1 Å². The lowest BCUT2D eigenvalue weighted by molar-refractivity contribution is 0.150. The van der Waals surface area contributed by atoms with Crippen LogP contribution in [0.3, 0.4) is 0 Å². The van der Waals surface area contributed by atoms with Gasteiger partial charge in [0.2, 0.25) is 0 Å². The van der Waals surface area contributed by atoms with E-state index in [1.54, 1.807) is 6.20 Å². The van der Waals surface area contributed by atoms with Gasteiger partial charge < -0.3 is 5.32 Å². The van der Waals surface area contributed by atoms with Crippen molar-refractivity contribution < 1.29 is 0 Å². The zero-order valence-corrected chi connectivity index (χ0v) is 11.7. The van der Waals surface area contributed by atoms with Crippen molar-refractivity contribution in [2.75, 3.05) is 25.0 Å². The van der Waals surface area contributed by atoms with Gasteiger partial charge in [-0.15, -0.1) is 0 Å². The van der Waals surface area contributed by atoms with E-state index < -0.39 is 0 Å². The maximum atomic E-state index is 6.00. The average Bonchev–Trinajstić information content (AvgIpc) is 2.41. The fraction of sp³-hybridized carbons (Fsp3) is 0.692. The van der Waals surface area contributed by atoms with Crippen LogP contribution in [0.4, 0.5) is 5.82 Å². The third-order valence-corrected chi connectivity index (χ3v) is 3.86. The lowest BCUT2D eigenvalue weighted by atomic mass is 10.0. The summed E-state index contributed by atoms with van der Waals surface area (Å²) in [5, 5.41) is 3.87. The van der Waals surface area contributed by atoms with Crippen LogP contribution in [0, 0.1) is 0 Å². The molecule has 18 heavy (non-hydrogen) atoms. The second kappa shape index (κ2) is 6.90. The largest absolute Gasteiger partial charge is 0.367 e. The van der Waals surface area contributed by atoms with Gasteiger partial charge >= 0.3 is 0 Å². The van der Waals surface area contributed by atoms with Crippen LogP contribution < -0.4 is 5.32 Å². The smallest absolute Gasteiger partial charge is 0.148 e. The Bertz CT molecular complexity index is 372. The fourth-order valence-corrected chi connectivity index (χ4v) is 2.75. The van der Waals surface area contributed by atoms with Crippen LogP contribution >= 0.6 is 11.6 Å². The first kappa shape index (κ1) is 13.6. The predicted molar refractivity (Wildman–Crippen MR) is 75.0 cm³/mol. The standard InChI is InChI=1S/C13H21ClN4/c1-2-11-5-3-4-7-18(11)8-6-16-13-12(14)9-15-10-17-13/h9-11H,2-8H2,1H3,(H,15,16,17). The van der Waals surface area contributed by atoms with Gasteiger partial charge in [0, 0.05) is 19.1 Å². The number of aromatic nitrogens is 2. The van der Waals surface area contributed by atoms with E-state index in [0.29, 0.717) is 5.02 Å². The minimum absolute atomic E-state index is 0.586. The SMILES string of the molecule is CCC1CCCCN1CCNc1ncncc1Cl. The zero-order valence-electron chi connectivity index (χ0n) is 10.9. The topological polar surface area (TPSA) is 41.0 Å². The summed E-state index contributed by atoms with van der Waals surface area (Å²) in [5.74, 6) is 0.733. The molecular formula is C13H21ClN4. The summed E-state index contributed by atoms with van der Waals surface area (Å²) in [5.41, 5.74) is 0. The third kappa shape index (κ3) is 3.56. The van der Waals surface area contributed by atoms with Crippen molar-refractivity contribution in [1.82, 2.24) is 14.9 Å². The van der Waals surface area contributed by atoms with E-state index in [4.69, 9.17) is 11.6 Å². The molecule has 1 N–H and O–H groups in total. The van der Waals surface area contributed by atoms with Crippen molar-refractivity contribution in [2.24, 2.45) is 0 Å². The number of hydrogen-bond acceptors (Lipinski definition) is 4. The highest BCUT2D eigenvalue weighted by Crippen LogP contribution is 2.19. The number of nitrogens with one attached hydrogen (secondary N) is 1. The second-order valence-corrected chi connectivity index (χ2v) is 5.15. The summed E-state index contributed by atoms with van der Waals surface area (Å²) in [6, 6.07) is 0.751. The van der Waals surface area contributed by atoms with Crippen molar-refractivity contribution in [1.29, 1.82) is 0 Å². The van der Waals surface area contributed by atoms with Crippen molar-refractivity contribution in [2.45, 2.75) is 38.6 Å². The molecule has 2 rings (SSSR count). The van der Waals surface area contributed by atoms with Crippen molar-refractivity contribution in [3.8, 4) is 0 Å². The molecule has 1 saturated heterocycles. The molecule has 0 radical (unpaired) electrons. The summed E-state index contributed by atoms with van der Waals surface area (Å²) in [4.78, 5) is 10.6. The molecule has 1 aliphatic heterocycles. The Morgan fingerprint density at radius 2 is 2.39 bits per heavy atom. The van der Waals surface area contributed by atoms with Gasteiger partial charge in [0.05, 0.1) is 6.20 Å². The van der Waals surface area contributed by atoms with Crippen molar-refractivity contribution in [3.05, 3.63) is 17.5 Å². The molecule has 0 amide bonds. The number of rotatable bonds is 5. The van der Waals surface area contributed by atoms with Crippen LogP contribution in [0.5, 0.6) is 0 Å². The third-order valence-electron chi connectivity index (χ3n) is 3.58. The number of piperidine rings is 1. The highest BCUT2D eigenvalue weighted by Gasteiger charge is 2.19. The molecule has 0 bridgehead atoms. The Morgan fingerprint density at radius 1 is 1.50 bits per heavy atom. The van der Waals surface area contributed by atoms with E-state index in [9.17, 15) is 0 Å². The van der Waals surface area contributed by atoms with E-state index in [0.717, 1.165) is 24.9 Å². The number of nitrogens with zero attached hydrogens (tertiary/aromatic N) is 3. The van der Waals surface area contributed by atoms with E-state index in [1.807, 2.05) is 0 Å². The lowest BCUT2D eigenvalue weighted by Gasteiger charge is -2.35. The molecule has 1 atom stereocenters. The molecule has 100 valence electrons. The van der Waals surface area contributed by atoms with Gasteiger partial charge in [-0.25, -0.2) is 9.97 Å². The Balaban J connectivity index is 1.79. The second-order valence-electron chi connectivity index (χ2n) is 4.74. The minimum atomic E-state index is 0.586. The number of likely N-dealkylation sites (tertiary alicyclic amines) is 1. The van der Waals surface area contributed by atoms with Gasteiger partial charge in [-0.3, -0.25) is 4.90 Å². The summed E-state index contributed by atoms with van der Waals surface area (Å²) >= 11 is 6.00. The minimum Gasteiger partial charge on any atom is -0.367 e. The first-order chi connectivity index (χ1) is 8.81. The van der Waals surface area contributed by atoms with Crippen LogP contribution in [-0.2, 0) is 0 Å². The molecule has 1 aromatic rings. The molecule has 0 aliphatic carbocycles. The Hall–Kier alpha value is -0.870. The van der Waals surface area contributed by atoms with Crippen LogP contribution in [0.25, 0.3) is 0 Å². The first-order valence-electron chi connectivity index (χ1n) is 6.74. The normalized spacial score (nSPS) is 20.9. The predicted octanol–water partition coefficient (Wildman–Crippen LogP) is 2.81. The van der Waals surface area contributed by atoms with Crippen LogP contribution in [0.15, 0.2) is 12.5 Å². The molecule has 0 saturated carbocycles. The van der Waals surface area contributed by atoms with Gasteiger partial charge in [0.25, 0.3) is 0 Å². The summed E-state index contributed by atoms with van der Waals surface area (Å²) < 4.78 is 0. The van der Waals surface area contributed by atoms with Gasteiger partial charge in [-0.05, 0) is 25.8 Å². The molecule has 1 aliphatic rings. The Morgan fingerprint density at radius 3 is 3.17 bits per heavy atom. The lowest BCUT2D eigenvalue weighted by Crippen LogP contribution is -2.41. The molecule has 0 spiro atoms. The molecule has 1 unspecified atom stereocenters. The molecule has 4 nitrogen and oxygen atoms in total. The van der Waals surface area contributed by atoms with Crippen LogP contribution in [0.2, 0.25) is 5.02 Å². The Kier molecular flexibility index (Phi) is 5.20. The molecular weight excluding hydrogens is 248 g/mol. The van der Waals surface area contributed by atoms with Gasteiger partial charge in [-0.1, -0.05) is 24.9 Å². The average molecular weight is 269 g/mol. The van der Waals surface area contributed by atoms with Gasteiger partial charge in [0.1, 0.15) is 17.2 Å². The monoisotopic (exact) mass is 268 g/mol. The number of hydrogen-bond donors (Lipinski definition) is 1. The molecule has 1 aromatic heterocycles. The molecule has 0 aromatic carbocycles. The maximum absolute atomic E-state index is 6.00. The Labute approximate surface area is 114 Å². The summed E-state index contributed by atoms with van der Waals surface area (Å²) in [6.07, 6.45) is 8.42. The molecule has 1 fully saturated rings. The molecule has 5 heteroatoms. The highest BCUT2D eigenvalue weighted by atomic mass is 35.5. The summed E-state index contributed by atoms with van der Waals surface area (Å²) in [6.45, 7) is 5.43. The van der Waals surface area contributed by atoms with E-state index in [1.165, 1.54) is 38.6 Å². The quantitative estimate of drug-likeness (QED) is 0.892. The van der Waals surface area contributed by atoms with E-state index in [-0.39, 0.29) is 0 Å². The first-order valence-corrected chi connectivity index (χ1v) is 7.12. The van der Waals surface area contributed by atoms with Crippen LogP contribution in [0.1, 0.15) is 32.6 Å². The van der Waals surface area contributed by atoms with Crippen molar-refractivity contribution >= 4 is 17.4 Å². The fourth-order valence-electron chi connectivity index (χ4n) is 2.58. The van der Waals surface area contributed by atoms with Gasteiger partial charge in [0.15, 0.2) is 0 Å². The zero-order chi connectivity index (χ0) is 12.8. The highest BCUT2D eigenvalue weighted by molar-refractivity contribution is 6.32. The van der Waals surface area contributed by atoms with E-state index >= 15 is 0 Å². The van der Waals surface area contributed by atoms with Crippen LogP contribution in [-0.4, -0.2) is 40.5 Å². The number of anilines is 1. The molecule has 2 heterocycles. The van der Waals surface area contributed by atoms with Crippen molar-refractivity contribution in [3.63, 3.8) is 0 Å². The number of halogens is 1.